The highest BCUT2D eigenvalue weighted by Gasteiger charge is 2.15. The Hall–Kier alpha value is -1.26. The Kier molecular flexibility index (Phi) is 4.44. The van der Waals surface area contributed by atoms with E-state index in [0.29, 0.717) is 6.04 Å². The van der Waals surface area contributed by atoms with E-state index < -0.39 is 0 Å². The number of benzene rings is 1. The lowest BCUT2D eigenvalue weighted by Gasteiger charge is -2.29. The van der Waals surface area contributed by atoms with Gasteiger partial charge in [0.05, 0.1) is 20.3 Å². The van der Waals surface area contributed by atoms with Crippen LogP contribution in [0.4, 0.5) is 5.69 Å². The summed E-state index contributed by atoms with van der Waals surface area (Å²) in [6, 6.07) is 6.68. The molecule has 0 bridgehead atoms. The van der Waals surface area contributed by atoms with E-state index in [4.69, 9.17) is 9.47 Å². The van der Waals surface area contributed by atoms with Gasteiger partial charge in [-0.15, -0.1) is 0 Å². The van der Waals surface area contributed by atoms with Gasteiger partial charge < -0.3 is 19.7 Å². The summed E-state index contributed by atoms with van der Waals surface area (Å²) in [5.41, 5.74) is 2.37. The Labute approximate surface area is 109 Å². The van der Waals surface area contributed by atoms with E-state index in [1.165, 1.54) is 5.69 Å². The number of nitrogens with one attached hydrogen (secondary N) is 1. The van der Waals surface area contributed by atoms with E-state index in [0.717, 1.165) is 37.6 Å². The third kappa shape index (κ3) is 3.15. The molecule has 0 aromatic heterocycles. The summed E-state index contributed by atoms with van der Waals surface area (Å²) in [5, 5.41) is 3.47. The van der Waals surface area contributed by atoms with Crippen LogP contribution in [0.5, 0.6) is 5.75 Å². The Balaban J connectivity index is 1.99. The van der Waals surface area contributed by atoms with E-state index in [1.54, 1.807) is 7.11 Å². The molecule has 100 valence electrons. The molecular weight excluding hydrogens is 228 g/mol. The lowest BCUT2D eigenvalue weighted by atomic mass is 10.1. The van der Waals surface area contributed by atoms with E-state index in [1.807, 2.05) is 6.07 Å². The lowest BCUT2D eigenvalue weighted by molar-refractivity contribution is 0.0791. The molecule has 0 amide bonds. The van der Waals surface area contributed by atoms with Crippen molar-refractivity contribution in [2.75, 3.05) is 45.4 Å². The molecule has 1 aliphatic rings. The largest absolute Gasteiger partial charge is 0.496 e. The molecule has 1 heterocycles. The minimum atomic E-state index is 0.408. The summed E-state index contributed by atoms with van der Waals surface area (Å²) >= 11 is 0. The SMILES string of the molecule is COc1ccc(N(C)CC2COCCN2)cc1C. The summed E-state index contributed by atoms with van der Waals surface area (Å²) in [4.78, 5) is 2.25. The fourth-order valence-corrected chi connectivity index (χ4v) is 2.27. The minimum absolute atomic E-state index is 0.408. The van der Waals surface area contributed by atoms with Crippen molar-refractivity contribution < 1.29 is 9.47 Å². The Morgan fingerprint density at radius 2 is 2.33 bits per heavy atom. The van der Waals surface area contributed by atoms with Crippen molar-refractivity contribution in [3.8, 4) is 5.75 Å². The summed E-state index contributed by atoms with van der Waals surface area (Å²) < 4.78 is 10.7. The van der Waals surface area contributed by atoms with Gasteiger partial charge in [0.15, 0.2) is 0 Å². The minimum Gasteiger partial charge on any atom is -0.496 e. The quantitative estimate of drug-likeness (QED) is 0.876. The maximum absolute atomic E-state index is 5.47. The highest BCUT2D eigenvalue weighted by Crippen LogP contribution is 2.23. The molecule has 18 heavy (non-hydrogen) atoms. The maximum atomic E-state index is 5.47. The topological polar surface area (TPSA) is 33.7 Å². The van der Waals surface area contributed by atoms with Gasteiger partial charge in [0, 0.05) is 31.9 Å². The Morgan fingerprint density at radius 3 is 2.94 bits per heavy atom. The second-order valence-corrected chi connectivity index (χ2v) is 4.76. The number of ether oxygens (including phenoxy) is 2. The maximum Gasteiger partial charge on any atom is 0.121 e. The molecule has 1 saturated heterocycles. The second kappa shape index (κ2) is 6.07. The molecule has 2 rings (SSSR count). The zero-order valence-corrected chi connectivity index (χ0v) is 11.4. The predicted molar refractivity (Wildman–Crippen MR) is 73.6 cm³/mol. The average molecular weight is 250 g/mol. The van der Waals surface area contributed by atoms with E-state index in [9.17, 15) is 0 Å². The Bertz CT molecular complexity index is 389. The summed E-state index contributed by atoms with van der Waals surface area (Å²) in [6.45, 7) is 5.57. The zero-order valence-electron chi connectivity index (χ0n) is 11.4. The molecule has 1 N–H and O–H groups in total. The first kappa shape index (κ1) is 13.2. The monoisotopic (exact) mass is 250 g/mol. The first-order valence-corrected chi connectivity index (χ1v) is 6.37. The van der Waals surface area contributed by atoms with E-state index in [2.05, 4.69) is 36.3 Å². The number of hydrogen-bond acceptors (Lipinski definition) is 4. The number of aryl methyl sites for hydroxylation is 1. The molecule has 4 nitrogen and oxygen atoms in total. The van der Waals surface area contributed by atoms with Crippen molar-refractivity contribution >= 4 is 5.69 Å². The average Bonchev–Trinajstić information content (AvgIpc) is 2.39. The molecule has 1 aliphatic heterocycles. The lowest BCUT2D eigenvalue weighted by Crippen LogP contribution is -2.47. The second-order valence-electron chi connectivity index (χ2n) is 4.76. The number of rotatable bonds is 4. The fraction of sp³-hybridized carbons (Fsp3) is 0.571. The van der Waals surface area contributed by atoms with Crippen LogP contribution >= 0.6 is 0 Å². The van der Waals surface area contributed by atoms with Crippen LogP contribution in [-0.2, 0) is 4.74 Å². The summed E-state index contributed by atoms with van der Waals surface area (Å²) in [6.07, 6.45) is 0. The number of likely N-dealkylation sites (N-methyl/N-ethyl adjacent to an activating group) is 1. The van der Waals surface area contributed by atoms with Crippen molar-refractivity contribution in [2.24, 2.45) is 0 Å². The molecular formula is C14H22N2O2. The van der Waals surface area contributed by atoms with Gasteiger partial charge >= 0.3 is 0 Å². The van der Waals surface area contributed by atoms with Crippen LogP contribution in [0.15, 0.2) is 18.2 Å². The van der Waals surface area contributed by atoms with Gasteiger partial charge in [-0.25, -0.2) is 0 Å². The highest BCUT2D eigenvalue weighted by molar-refractivity contribution is 5.52. The van der Waals surface area contributed by atoms with Crippen LogP contribution in [0, 0.1) is 6.92 Å². The first-order chi connectivity index (χ1) is 8.70. The molecule has 4 heteroatoms. The van der Waals surface area contributed by atoms with Gasteiger partial charge in [0.1, 0.15) is 5.75 Å². The van der Waals surface area contributed by atoms with Gasteiger partial charge in [0.2, 0.25) is 0 Å². The van der Waals surface area contributed by atoms with Crippen molar-refractivity contribution in [3.05, 3.63) is 23.8 Å². The van der Waals surface area contributed by atoms with Crippen LogP contribution in [-0.4, -0.2) is 46.5 Å². The van der Waals surface area contributed by atoms with Crippen molar-refractivity contribution in [1.29, 1.82) is 0 Å². The van der Waals surface area contributed by atoms with Gasteiger partial charge in [-0.05, 0) is 30.7 Å². The molecule has 0 saturated carbocycles. The molecule has 1 unspecified atom stereocenters. The third-order valence-corrected chi connectivity index (χ3v) is 3.31. The molecule has 1 aromatic carbocycles. The standard InChI is InChI=1S/C14H22N2O2/c1-11-8-13(4-5-14(11)17-3)16(2)9-12-10-18-7-6-15-12/h4-5,8,12,15H,6-7,9-10H2,1-3H3. The highest BCUT2D eigenvalue weighted by atomic mass is 16.5. The molecule has 1 atom stereocenters. The predicted octanol–water partition coefficient (Wildman–Crippen LogP) is 1.43. The molecule has 0 spiro atoms. The van der Waals surface area contributed by atoms with Gasteiger partial charge in [-0.2, -0.15) is 0 Å². The van der Waals surface area contributed by atoms with Crippen molar-refractivity contribution in [3.63, 3.8) is 0 Å². The van der Waals surface area contributed by atoms with Gasteiger partial charge in [0.25, 0.3) is 0 Å². The smallest absolute Gasteiger partial charge is 0.121 e. The van der Waals surface area contributed by atoms with E-state index in [-0.39, 0.29) is 0 Å². The van der Waals surface area contributed by atoms with E-state index >= 15 is 0 Å². The molecule has 1 aromatic rings. The number of methoxy groups -OCH3 is 1. The summed E-state index contributed by atoms with van der Waals surface area (Å²) in [5.74, 6) is 0.936. The number of anilines is 1. The fourth-order valence-electron chi connectivity index (χ4n) is 2.27. The number of nitrogens with zero attached hydrogens (tertiary/aromatic N) is 1. The molecule has 0 aliphatic carbocycles. The van der Waals surface area contributed by atoms with Crippen molar-refractivity contribution in [2.45, 2.75) is 13.0 Å². The Morgan fingerprint density at radius 1 is 1.50 bits per heavy atom. The number of morpholine rings is 1. The number of hydrogen-bond donors (Lipinski definition) is 1. The first-order valence-electron chi connectivity index (χ1n) is 6.37. The van der Waals surface area contributed by atoms with Crippen LogP contribution < -0.4 is 15.0 Å². The van der Waals surface area contributed by atoms with Crippen LogP contribution in [0.3, 0.4) is 0 Å². The van der Waals surface area contributed by atoms with Gasteiger partial charge in [-0.3, -0.25) is 0 Å². The normalized spacial score (nSPS) is 19.6. The molecule has 0 radical (unpaired) electrons. The van der Waals surface area contributed by atoms with Crippen LogP contribution in [0.1, 0.15) is 5.56 Å². The molecule has 1 fully saturated rings. The zero-order chi connectivity index (χ0) is 13.0. The van der Waals surface area contributed by atoms with Crippen LogP contribution in [0.25, 0.3) is 0 Å². The third-order valence-electron chi connectivity index (χ3n) is 3.31. The van der Waals surface area contributed by atoms with Crippen molar-refractivity contribution in [1.82, 2.24) is 5.32 Å². The van der Waals surface area contributed by atoms with Crippen LogP contribution in [0.2, 0.25) is 0 Å². The summed E-state index contributed by atoms with van der Waals surface area (Å²) in [7, 11) is 3.81. The van der Waals surface area contributed by atoms with Gasteiger partial charge in [-0.1, -0.05) is 0 Å².